The van der Waals surface area contributed by atoms with Gasteiger partial charge in [-0.25, -0.2) is 4.98 Å². The molecule has 0 N–H and O–H groups in total. The first kappa shape index (κ1) is 14.2. The third-order valence-corrected chi connectivity index (χ3v) is 5.92. The van der Waals surface area contributed by atoms with E-state index in [-0.39, 0.29) is 0 Å². The summed E-state index contributed by atoms with van der Waals surface area (Å²) in [4.78, 5) is 10.9. The molecule has 22 heavy (non-hydrogen) atoms. The van der Waals surface area contributed by atoms with Crippen LogP contribution in [0.25, 0.3) is 20.9 Å². The van der Waals surface area contributed by atoms with Crippen molar-refractivity contribution >= 4 is 33.3 Å². The van der Waals surface area contributed by atoms with Crippen LogP contribution in [-0.4, -0.2) is 15.7 Å². The summed E-state index contributed by atoms with van der Waals surface area (Å²) < 4.78 is 1.24. The molecule has 112 valence electrons. The van der Waals surface area contributed by atoms with E-state index in [0.717, 1.165) is 27.9 Å². The van der Waals surface area contributed by atoms with Crippen molar-refractivity contribution in [2.45, 2.75) is 37.5 Å². The quantitative estimate of drug-likeness (QED) is 0.579. The molecule has 4 rings (SSSR count). The maximum absolute atomic E-state index is 4.82. The number of fused-ring (bicyclic) bond motifs is 1. The minimum Gasteiger partial charge on any atom is -0.252 e. The second-order valence-corrected chi connectivity index (χ2v) is 8.15. The Morgan fingerprint density at radius 1 is 1.27 bits per heavy atom. The Balaban J connectivity index is 1.81. The molecule has 0 radical (unpaired) electrons. The van der Waals surface area contributed by atoms with E-state index in [4.69, 9.17) is 9.97 Å². The maximum Gasteiger partial charge on any atom is 0.144 e. The molecule has 0 bridgehead atoms. The molecule has 1 aliphatic carbocycles. The molecular formula is C18H18N2S2. The Labute approximate surface area is 139 Å². The number of rotatable bonds is 4. The van der Waals surface area contributed by atoms with Gasteiger partial charge in [0, 0.05) is 11.1 Å². The minimum absolute atomic E-state index is 0.746. The average Bonchev–Trinajstić information content (AvgIpc) is 3.28. The van der Waals surface area contributed by atoms with Crippen LogP contribution < -0.4 is 0 Å². The van der Waals surface area contributed by atoms with Gasteiger partial charge in [-0.2, -0.15) is 0 Å². The fourth-order valence-electron chi connectivity index (χ4n) is 2.66. The molecule has 2 nitrogen and oxygen atoms in total. The number of thiazole rings is 1. The topological polar surface area (TPSA) is 25.8 Å². The van der Waals surface area contributed by atoms with Crippen molar-refractivity contribution in [2.24, 2.45) is 0 Å². The highest BCUT2D eigenvalue weighted by Crippen LogP contribution is 2.43. The molecule has 3 aromatic rings. The monoisotopic (exact) mass is 326 g/mol. The molecule has 2 heterocycles. The van der Waals surface area contributed by atoms with Crippen molar-refractivity contribution in [3.8, 4) is 10.7 Å². The number of pyridine rings is 1. The highest BCUT2D eigenvalue weighted by molar-refractivity contribution is 7.99. The summed E-state index contributed by atoms with van der Waals surface area (Å²) in [5.41, 5.74) is 4.79. The van der Waals surface area contributed by atoms with Crippen LogP contribution in [0.2, 0.25) is 0 Å². The molecule has 0 spiro atoms. The van der Waals surface area contributed by atoms with Gasteiger partial charge in [0.25, 0.3) is 0 Å². The summed E-state index contributed by atoms with van der Waals surface area (Å²) in [5.74, 6) is 1.81. The lowest BCUT2D eigenvalue weighted by Crippen LogP contribution is -1.91. The van der Waals surface area contributed by atoms with Crippen molar-refractivity contribution in [1.29, 1.82) is 0 Å². The van der Waals surface area contributed by atoms with Gasteiger partial charge >= 0.3 is 0 Å². The third kappa shape index (κ3) is 2.66. The minimum atomic E-state index is 0.746. The Kier molecular flexibility index (Phi) is 3.66. The summed E-state index contributed by atoms with van der Waals surface area (Å²) in [6, 6.07) is 8.80. The number of nitrogens with zero attached hydrogens (tertiary/aromatic N) is 2. The van der Waals surface area contributed by atoms with E-state index in [1.165, 1.54) is 33.6 Å². The smallest absolute Gasteiger partial charge is 0.144 e. The van der Waals surface area contributed by atoms with Gasteiger partial charge < -0.3 is 0 Å². The molecule has 0 unspecified atom stereocenters. The SMILES string of the molecule is CCSc1cc(C2CC2)cnc1-c1nc2cc(C)ccc2s1. The number of aryl methyl sites for hydroxylation is 1. The van der Waals surface area contributed by atoms with Gasteiger partial charge in [0.15, 0.2) is 0 Å². The van der Waals surface area contributed by atoms with Gasteiger partial charge in [0.2, 0.25) is 0 Å². The molecule has 0 amide bonds. The summed E-state index contributed by atoms with van der Waals surface area (Å²) >= 11 is 3.62. The van der Waals surface area contributed by atoms with Crippen LogP contribution in [-0.2, 0) is 0 Å². The van der Waals surface area contributed by atoms with Crippen molar-refractivity contribution in [1.82, 2.24) is 9.97 Å². The first-order valence-electron chi connectivity index (χ1n) is 7.75. The Morgan fingerprint density at radius 3 is 2.91 bits per heavy atom. The fourth-order valence-corrected chi connectivity index (χ4v) is 4.50. The van der Waals surface area contributed by atoms with E-state index in [9.17, 15) is 0 Å². The highest BCUT2D eigenvalue weighted by atomic mass is 32.2. The Morgan fingerprint density at radius 2 is 2.14 bits per heavy atom. The van der Waals surface area contributed by atoms with E-state index >= 15 is 0 Å². The van der Waals surface area contributed by atoms with E-state index in [1.807, 2.05) is 11.8 Å². The lowest BCUT2D eigenvalue weighted by atomic mass is 10.2. The van der Waals surface area contributed by atoms with Gasteiger partial charge in [-0.1, -0.05) is 13.0 Å². The van der Waals surface area contributed by atoms with Crippen LogP contribution in [0.4, 0.5) is 0 Å². The molecule has 1 saturated carbocycles. The zero-order chi connectivity index (χ0) is 15.1. The lowest BCUT2D eigenvalue weighted by Gasteiger charge is -2.07. The van der Waals surface area contributed by atoms with Crippen molar-refractivity contribution in [3.63, 3.8) is 0 Å². The second-order valence-electron chi connectivity index (χ2n) is 5.81. The summed E-state index contributed by atoms with van der Waals surface area (Å²) in [6.45, 7) is 4.31. The number of aromatic nitrogens is 2. The fraction of sp³-hybridized carbons (Fsp3) is 0.333. The van der Waals surface area contributed by atoms with Crippen LogP contribution in [0.3, 0.4) is 0 Å². The molecule has 1 aliphatic rings. The number of thioether (sulfide) groups is 1. The van der Waals surface area contributed by atoms with Crippen LogP contribution in [0.5, 0.6) is 0 Å². The third-order valence-electron chi connectivity index (χ3n) is 3.97. The maximum atomic E-state index is 4.82. The molecule has 1 fully saturated rings. The first-order valence-corrected chi connectivity index (χ1v) is 9.55. The standard InChI is InChI=1S/C18H18N2S2/c1-3-21-16-9-13(12-5-6-12)10-19-17(16)18-20-14-8-11(2)4-7-15(14)22-18/h4,7-10,12H,3,5-6H2,1-2H3. The molecule has 0 saturated heterocycles. The van der Waals surface area contributed by atoms with Crippen LogP contribution in [0, 0.1) is 6.92 Å². The van der Waals surface area contributed by atoms with Gasteiger partial charge in [-0.05, 0) is 60.8 Å². The van der Waals surface area contributed by atoms with Gasteiger partial charge in [-0.15, -0.1) is 23.1 Å². The predicted molar refractivity (Wildman–Crippen MR) is 96.0 cm³/mol. The lowest BCUT2D eigenvalue weighted by molar-refractivity contribution is 1.07. The summed E-state index contributed by atoms with van der Waals surface area (Å²) in [7, 11) is 0. The molecular weight excluding hydrogens is 308 g/mol. The predicted octanol–water partition coefficient (Wildman–Crippen LogP) is 5.66. The van der Waals surface area contributed by atoms with E-state index < -0.39 is 0 Å². The zero-order valence-corrected chi connectivity index (χ0v) is 14.4. The van der Waals surface area contributed by atoms with Crippen LogP contribution in [0.1, 0.15) is 36.8 Å². The van der Waals surface area contributed by atoms with Gasteiger partial charge in [-0.3, -0.25) is 4.98 Å². The molecule has 1 aromatic carbocycles. The Hall–Kier alpha value is -1.39. The van der Waals surface area contributed by atoms with E-state index in [1.54, 1.807) is 11.3 Å². The van der Waals surface area contributed by atoms with Crippen LogP contribution >= 0.6 is 23.1 Å². The summed E-state index contributed by atoms with van der Waals surface area (Å²) in [6.07, 6.45) is 4.69. The zero-order valence-electron chi connectivity index (χ0n) is 12.8. The van der Waals surface area contributed by atoms with Crippen molar-refractivity contribution in [3.05, 3.63) is 41.6 Å². The first-order chi connectivity index (χ1) is 10.7. The number of hydrogen-bond donors (Lipinski definition) is 0. The number of hydrogen-bond acceptors (Lipinski definition) is 4. The average molecular weight is 326 g/mol. The normalized spacial score (nSPS) is 14.6. The molecule has 0 aliphatic heterocycles. The number of benzene rings is 1. The Bertz CT molecular complexity index is 834. The molecule has 4 heteroatoms. The highest BCUT2D eigenvalue weighted by Gasteiger charge is 2.25. The molecule has 0 atom stereocenters. The molecule has 2 aromatic heterocycles. The van der Waals surface area contributed by atoms with E-state index in [2.05, 4.69) is 44.3 Å². The largest absolute Gasteiger partial charge is 0.252 e. The van der Waals surface area contributed by atoms with Crippen LogP contribution in [0.15, 0.2) is 35.4 Å². The van der Waals surface area contributed by atoms with E-state index in [0.29, 0.717) is 0 Å². The summed E-state index contributed by atoms with van der Waals surface area (Å²) in [5, 5.41) is 1.04. The van der Waals surface area contributed by atoms with Gasteiger partial charge in [0.05, 0.1) is 10.2 Å². The van der Waals surface area contributed by atoms with Crippen molar-refractivity contribution in [2.75, 3.05) is 5.75 Å². The second kappa shape index (κ2) is 5.67. The van der Waals surface area contributed by atoms with Crippen molar-refractivity contribution < 1.29 is 0 Å². The van der Waals surface area contributed by atoms with Gasteiger partial charge in [0.1, 0.15) is 10.7 Å².